The number of nitrogens with zero attached hydrogens (tertiary/aromatic N) is 1. The van der Waals surface area contributed by atoms with Gasteiger partial charge in [0.1, 0.15) is 0 Å². The summed E-state index contributed by atoms with van der Waals surface area (Å²) in [5, 5.41) is 0. The molecule has 2 nitrogen and oxygen atoms in total. The van der Waals surface area contributed by atoms with E-state index in [-0.39, 0.29) is 5.54 Å². The van der Waals surface area contributed by atoms with Gasteiger partial charge in [0.15, 0.2) is 0 Å². The summed E-state index contributed by atoms with van der Waals surface area (Å²) in [7, 11) is 2.34. The van der Waals surface area contributed by atoms with Gasteiger partial charge >= 0.3 is 0 Å². The van der Waals surface area contributed by atoms with Gasteiger partial charge in [0, 0.05) is 18.1 Å². The molecule has 2 saturated carbocycles. The lowest BCUT2D eigenvalue weighted by Gasteiger charge is -2.48. The second kappa shape index (κ2) is 6.58. The van der Waals surface area contributed by atoms with Crippen molar-refractivity contribution in [3.8, 4) is 0 Å². The Bertz CT molecular complexity index is 266. The Morgan fingerprint density at radius 1 is 1.05 bits per heavy atom. The molecular formula is C17H34N2. The molecule has 1 unspecified atom stereocenters. The van der Waals surface area contributed by atoms with Gasteiger partial charge in [-0.1, -0.05) is 32.6 Å². The molecule has 2 heteroatoms. The van der Waals surface area contributed by atoms with Gasteiger partial charge in [-0.15, -0.1) is 0 Å². The number of hydrogen-bond donors (Lipinski definition) is 1. The second-order valence-corrected chi connectivity index (χ2v) is 7.40. The Labute approximate surface area is 120 Å². The van der Waals surface area contributed by atoms with Gasteiger partial charge in [-0.2, -0.15) is 0 Å². The Balaban J connectivity index is 1.89. The van der Waals surface area contributed by atoms with Gasteiger partial charge in [0.05, 0.1) is 0 Å². The number of hydrogen-bond acceptors (Lipinski definition) is 2. The van der Waals surface area contributed by atoms with Crippen molar-refractivity contribution in [2.24, 2.45) is 17.6 Å². The molecule has 0 aromatic rings. The maximum absolute atomic E-state index is 6.15. The Hall–Kier alpha value is -0.0800. The zero-order valence-electron chi connectivity index (χ0n) is 13.3. The second-order valence-electron chi connectivity index (χ2n) is 7.40. The van der Waals surface area contributed by atoms with Gasteiger partial charge in [-0.05, 0) is 57.9 Å². The molecule has 0 radical (unpaired) electrons. The smallest absolute Gasteiger partial charge is 0.0306 e. The van der Waals surface area contributed by atoms with E-state index in [0.717, 1.165) is 24.4 Å². The first-order valence-corrected chi connectivity index (χ1v) is 8.52. The molecule has 2 fully saturated rings. The summed E-state index contributed by atoms with van der Waals surface area (Å²) in [4.78, 5) is 2.65. The summed E-state index contributed by atoms with van der Waals surface area (Å²) < 4.78 is 0. The highest BCUT2D eigenvalue weighted by atomic mass is 15.2. The van der Waals surface area contributed by atoms with Gasteiger partial charge < -0.3 is 5.73 Å². The fraction of sp³-hybridized carbons (Fsp3) is 1.00. The molecule has 0 aromatic heterocycles. The molecule has 0 aromatic carbocycles. The van der Waals surface area contributed by atoms with E-state index in [1.54, 1.807) is 0 Å². The highest BCUT2D eigenvalue weighted by Gasteiger charge is 2.37. The lowest BCUT2D eigenvalue weighted by Crippen LogP contribution is -2.55. The molecule has 0 spiro atoms. The summed E-state index contributed by atoms with van der Waals surface area (Å²) in [5.41, 5.74) is 6.38. The van der Waals surface area contributed by atoms with Crippen molar-refractivity contribution >= 4 is 0 Å². The largest absolute Gasteiger partial charge is 0.329 e. The van der Waals surface area contributed by atoms with Crippen LogP contribution in [0, 0.1) is 11.8 Å². The Morgan fingerprint density at radius 2 is 1.68 bits per heavy atom. The normalized spacial score (nSPS) is 32.1. The first kappa shape index (κ1) is 15.3. The van der Waals surface area contributed by atoms with E-state index in [9.17, 15) is 0 Å². The molecular weight excluding hydrogens is 232 g/mol. The molecule has 19 heavy (non-hydrogen) atoms. The SMILES string of the molecule is CCC1CCC(N(C)C(C)(CN)CC2CCC2)CC1. The van der Waals surface area contributed by atoms with Gasteiger partial charge in [-0.25, -0.2) is 0 Å². The summed E-state index contributed by atoms with van der Waals surface area (Å²) in [5.74, 6) is 1.93. The summed E-state index contributed by atoms with van der Waals surface area (Å²) in [6.45, 7) is 5.56. The standard InChI is InChI=1S/C17H34N2/c1-4-14-8-10-16(11-9-14)19(3)17(2,13-18)12-15-6-5-7-15/h14-16H,4-13,18H2,1-3H3. The van der Waals surface area contributed by atoms with Crippen LogP contribution in [0.2, 0.25) is 0 Å². The first-order valence-electron chi connectivity index (χ1n) is 8.52. The molecule has 1 atom stereocenters. The third kappa shape index (κ3) is 3.52. The van der Waals surface area contributed by atoms with Crippen LogP contribution in [-0.4, -0.2) is 30.1 Å². The van der Waals surface area contributed by atoms with Crippen LogP contribution in [0.5, 0.6) is 0 Å². The van der Waals surface area contributed by atoms with Crippen LogP contribution in [0.4, 0.5) is 0 Å². The average molecular weight is 266 g/mol. The minimum atomic E-state index is 0.231. The molecule has 0 bridgehead atoms. The lowest BCUT2D eigenvalue weighted by atomic mass is 9.74. The van der Waals surface area contributed by atoms with Crippen LogP contribution in [0.15, 0.2) is 0 Å². The van der Waals surface area contributed by atoms with Crippen LogP contribution < -0.4 is 5.73 Å². The van der Waals surface area contributed by atoms with E-state index in [0.29, 0.717) is 0 Å². The zero-order valence-corrected chi connectivity index (χ0v) is 13.3. The third-order valence-corrected chi connectivity index (χ3v) is 6.19. The topological polar surface area (TPSA) is 29.3 Å². The van der Waals surface area contributed by atoms with E-state index in [2.05, 4.69) is 25.8 Å². The molecule has 0 amide bonds. The molecule has 2 N–H and O–H groups in total. The average Bonchev–Trinajstić information content (AvgIpc) is 2.42. The highest BCUT2D eigenvalue weighted by molar-refractivity contribution is 4.94. The minimum Gasteiger partial charge on any atom is -0.329 e. The van der Waals surface area contributed by atoms with E-state index in [1.165, 1.54) is 57.8 Å². The fourth-order valence-electron chi connectivity index (χ4n) is 4.07. The van der Waals surface area contributed by atoms with Crippen LogP contribution in [0.25, 0.3) is 0 Å². The van der Waals surface area contributed by atoms with Crippen LogP contribution >= 0.6 is 0 Å². The number of likely N-dealkylation sites (N-methyl/N-ethyl adjacent to an activating group) is 1. The minimum absolute atomic E-state index is 0.231. The van der Waals surface area contributed by atoms with E-state index in [1.807, 2.05) is 0 Å². The van der Waals surface area contributed by atoms with Gasteiger partial charge in [0.25, 0.3) is 0 Å². The maximum Gasteiger partial charge on any atom is 0.0306 e. The Morgan fingerprint density at radius 3 is 2.11 bits per heavy atom. The van der Waals surface area contributed by atoms with E-state index < -0.39 is 0 Å². The van der Waals surface area contributed by atoms with Crippen molar-refractivity contribution in [3.63, 3.8) is 0 Å². The van der Waals surface area contributed by atoms with Crippen molar-refractivity contribution in [2.75, 3.05) is 13.6 Å². The molecule has 0 heterocycles. The summed E-state index contributed by atoms with van der Waals surface area (Å²) >= 11 is 0. The van der Waals surface area contributed by atoms with E-state index in [4.69, 9.17) is 5.73 Å². The summed E-state index contributed by atoms with van der Waals surface area (Å²) in [6, 6.07) is 0.774. The maximum atomic E-state index is 6.15. The van der Waals surface area contributed by atoms with Crippen LogP contribution in [0.1, 0.15) is 71.6 Å². The zero-order chi connectivity index (χ0) is 13.9. The molecule has 112 valence electrons. The lowest BCUT2D eigenvalue weighted by molar-refractivity contribution is 0.0328. The summed E-state index contributed by atoms with van der Waals surface area (Å²) in [6.07, 6.45) is 12.6. The molecule has 0 saturated heterocycles. The Kier molecular flexibility index (Phi) is 5.30. The third-order valence-electron chi connectivity index (χ3n) is 6.19. The van der Waals surface area contributed by atoms with Crippen molar-refractivity contribution in [2.45, 2.75) is 83.2 Å². The monoisotopic (exact) mass is 266 g/mol. The number of nitrogens with two attached hydrogens (primary N) is 1. The van der Waals surface area contributed by atoms with Crippen molar-refractivity contribution in [3.05, 3.63) is 0 Å². The van der Waals surface area contributed by atoms with Crippen LogP contribution in [0.3, 0.4) is 0 Å². The quantitative estimate of drug-likeness (QED) is 0.792. The first-order chi connectivity index (χ1) is 9.09. The predicted molar refractivity (Wildman–Crippen MR) is 83.2 cm³/mol. The van der Waals surface area contributed by atoms with Crippen molar-refractivity contribution in [1.82, 2.24) is 4.90 Å². The van der Waals surface area contributed by atoms with Crippen LogP contribution in [-0.2, 0) is 0 Å². The molecule has 2 aliphatic rings. The van der Waals surface area contributed by atoms with Crippen molar-refractivity contribution in [1.29, 1.82) is 0 Å². The molecule has 0 aliphatic heterocycles. The van der Waals surface area contributed by atoms with Crippen molar-refractivity contribution < 1.29 is 0 Å². The van der Waals surface area contributed by atoms with Gasteiger partial charge in [0.2, 0.25) is 0 Å². The molecule has 2 aliphatic carbocycles. The van der Waals surface area contributed by atoms with E-state index >= 15 is 0 Å². The number of rotatable bonds is 6. The predicted octanol–water partition coefficient (Wildman–Crippen LogP) is 3.79. The highest BCUT2D eigenvalue weighted by Crippen LogP contribution is 2.38. The van der Waals surface area contributed by atoms with Gasteiger partial charge in [-0.3, -0.25) is 4.90 Å². The fourth-order valence-corrected chi connectivity index (χ4v) is 4.07. The molecule has 2 rings (SSSR count).